The number of nitrogens with one attached hydrogen (secondary N) is 2. The van der Waals surface area contributed by atoms with E-state index in [0.717, 1.165) is 53.0 Å². The summed E-state index contributed by atoms with van der Waals surface area (Å²) in [5.41, 5.74) is 3.64. The van der Waals surface area contributed by atoms with Crippen molar-refractivity contribution in [3.05, 3.63) is 41.7 Å². The molecule has 3 rings (SSSR count). The lowest BCUT2D eigenvalue weighted by molar-refractivity contribution is -0.135. The Balaban J connectivity index is 1.54. The zero-order valence-corrected chi connectivity index (χ0v) is 16.2. The highest BCUT2D eigenvalue weighted by Crippen LogP contribution is 2.28. The van der Waals surface area contributed by atoms with Crippen LogP contribution in [0.25, 0.3) is 10.9 Å². The van der Waals surface area contributed by atoms with Gasteiger partial charge in [-0.25, -0.2) is 4.79 Å². The van der Waals surface area contributed by atoms with Crippen LogP contribution >= 0.6 is 0 Å². The molecule has 6 heteroatoms. The summed E-state index contributed by atoms with van der Waals surface area (Å²) in [5.74, 6) is 0.630. The zero-order valence-electron chi connectivity index (χ0n) is 16.2. The van der Waals surface area contributed by atoms with E-state index in [1.807, 2.05) is 31.2 Å². The Labute approximate surface area is 160 Å². The number of rotatable bonds is 8. The van der Waals surface area contributed by atoms with Crippen LogP contribution in [0, 0.1) is 0 Å². The van der Waals surface area contributed by atoms with Crippen molar-refractivity contribution in [1.29, 1.82) is 0 Å². The van der Waals surface area contributed by atoms with E-state index in [2.05, 4.69) is 22.5 Å². The van der Waals surface area contributed by atoms with Crippen LogP contribution in [0.4, 0.5) is 5.69 Å². The van der Waals surface area contributed by atoms with E-state index < -0.39 is 0 Å². The van der Waals surface area contributed by atoms with Gasteiger partial charge < -0.3 is 20.1 Å². The molecule has 144 valence electrons. The predicted molar refractivity (Wildman–Crippen MR) is 107 cm³/mol. The molecule has 1 atom stereocenters. The van der Waals surface area contributed by atoms with Crippen LogP contribution in [0.2, 0.25) is 0 Å². The fourth-order valence-corrected chi connectivity index (χ4v) is 3.30. The summed E-state index contributed by atoms with van der Waals surface area (Å²) in [5, 5.41) is 7.95. The molecule has 27 heavy (non-hydrogen) atoms. The highest BCUT2D eigenvalue weighted by molar-refractivity contribution is 5.92. The summed E-state index contributed by atoms with van der Waals surface area (Å²) >= 11 is 0. The van der Waals surface area contributed by atoms with E-state index in [9.17, 15) is 4.79 Å². The van der Waals surface area contributed by atoms with Crippen molar-refractivity contribution in [2.24, 2.45) is 0 Å². The fraction of sp³-hybridized carbons (Fsp3) is 0.429. The predicted octanol–water partition coefficient (Wildman–Crippen LogP) is 3.63. The van der Waals surface area contributed by atoms with Gasteiger partial charge in [0, 0.05) is 42.4 Å². The third-order valence-electron chi connectivity index (χ3n) is 4.80. The minimum atomic E-state index is -0.188. The maximum absolute atomic E-state index is 11.6. The number of cyclic esters (lactones) is 1. The number of carbonyl (C=O) groups is 1. The average Bonchev–Trinajstić information content (AvgIpc) is 3.11. The van der Waals surface area contributed by atoms with E-state index in [1.165, 1.54) is 0 Å². The van der Waals surface area contributed by atoms with Gasteiger partial charge in [0.1, 0.15) is 5.75 Å². The highest BCUT2D eigenvalue weighted by atomic mass is 16.5. The summed E-state index contributed by atoms with van der Waals surface area (Å²) in [7, 11) is 1.67. The fourth-order valence-electron chi connectivity index (χ4n) is 3.30. The number of aromatic nitrogens is 1. The number of methoxy groups -OCH3 is 1. The smallest absolute Gasteiger partial charge is 0.335 e. The lowest BCUT2D eigenvalue weighted by Crippen LogP contribution is -2.20. The van der Waals surface area contributed by atoms with Gasteiger partial charge in [-0.3, -0.25) is 4.98 Å². The van der Waals surface area contributed by atoms with Gasteiger partial charge in [-0.2, -0.15) is 0 Å². The molecule has 0 bridgehead atoms. The number of fused-ring (bicyclic) bond motifs is 1. The molecule has 1 unspecified atom stereocenters. The maximum Gasteiger partial charge on any atom is 0.335 e. The second-order valence-electron chi connectivity index (χ2n) is 6.85. The molecule has 0 aliphatic carbocycles. The van der Waals surface area contributed by atoms with Crippen molar-refractivity contribution in [3.8, 4) is 5.75 Å². The topological polar surface area (TPSA) is 72.5 Å². The van der Waals surface area contributed by atoms with E-state index in [-0.39, 0.29) is 12.0 Å². The number of esters is 1. The Hall–Kier alpha value is -2.76. The van der Waals surface area contributed by atoms with Gasteiger partial charge in [0.25, 0.3) is 0 Å². The molecule has 2 heterocycles. The molecular formula is C21H27N3O3. The van der Waals surface area contributed by atoms with Crippen LogP contribution < -0.4 is 15.4 Å². The Morgan fingerprint density at radius 2 is 2.26 bits per heavy atom. The SMILES string of the molecule is COc1cc(NC(C)CCCN/C(C)=C2/CCOC2=O)c2ncccc2c1. The van der Waals surface area contributed by atoms with Crippen molar-refractivity contribution >= 4 is 22.6 Å². The summed E-state index contributed by atoms with van der Waals surface area (Å²) in [4.78, 5) is 16.1. The first-order valence-corrected chi connectivity index (χ1v) is 9.38. The standard InChI is InChI=1S/C21H27N3O3/c1-14(6-4-9-22-15(2)18-8-11-27-21(18)25)24-19-13-17(26-3)12-16-7-5-10-23-20(16)19/h5,7,10,12-14,22,24H,4,6,8-9,11H2,1-3H3/b18-15-. The van der Waals surface area contributed by atoms with Crippen LogP contribution in [0.1, 0.15) is 33.1 Å². The van der Waals surface area contributed by atoms with Gasteiger partial charge in [0.15, 0.2) is 0 Å². The number of nitrogens with zero attached hydrogens (tertiary/aromatic N) is 1. The van der Waals surface area contributed by atoms with E-state index in [1.54, 1.807) is 13.3 Å². The Kier molecular flexibility index (Phi) is 6.16. The van der Waals surface area contributed by atoms with Crippen molar-refractivity contribution < 1.29 is 14.3 Å². The van der Waals surface area contributed by atoms with Gasteiger partial charge in [0.05, 0.1) is 30.5 Å². The first-order chi connectivity index (χ1) is 13.1. The van der Waals surface area contributed by atoms with Crippen LogP contribution in [0.3, 0.4) is 0 Å². The summed E-state index contributed by atoms with van der Waals surface area (Å²) in [6, 6.07) is 8.23. The molecule has 1 aliphatic rings. The average molecular weight is 369 g/mol. The molecular weight excluding hydrogens is 342 g/mol. The quantitative estimate of drug-likeness (QED) is 0.421. The van der Waals surface area contributed by atoms with Gasteiger partial charge in [-0.1, -0.05) is 6.07 Å². The number of hydrogen-bond donors (Lipinski definition) is 2. The number of anilines is 1. The molecule has 1 aromatic carbocycles. The number of carbonyl (C=O) groups excluding carboxylic acids is 1. The number of hydrogen-bond acceptors (Lipinski definition) is 6. The maximum atomic E-state index is 11.6. The Bertz CT molecular complexity index is 848. The largest absolute Gasteiger partial charge is 0.497 e. The Morgan fingerprint density at radius 1 is 1.41 bits per heavy atom. The third-order valence-corrected chi connectivity index (χ3v) is 4.80. The number of allylic oxidation sites excluding steroid dienone is 1. The number of benzene rings is 1. The lowest BCUT2D eigenvalue weighted by Gasteiger charge is -2.18. The van der Waals surface area contributed by atoms with Crippen molar-refractivity contribution in [1.82, 2.24) is 10.3 Å². The number of ether oxygens (including phenoxy) is 2. The monoisotopic (exact) mass is 369 g/mol. The zero-order chi connectivity index (χ0) is 19.2. The van der Waals surface area contributed by atoms with Crippen molar-refractivity contribution in [3.63, 3.8) is 0 Å². The van der Waals surface area contributed by atoms with Gasteiger partial charge in [-0.15, -0.1) is 0 Å². The number of pyridine rings is 1. The molecule has 0 amide bonds. The molecule has 0 saturated carbocycles. The van der Waals surface area contributed by atoms with E-state index in [4.69, 9.17) is 9.47 Å². The summed E-state index contributed by atoms with van der Waals surface area (Å²) < 4.78 is 10.4. The lowest BCUT2D eigenvalue weighted by atomic mass is 10.1. The minimum absolute atomic E-state index is 0.188. The molecule has 1 saturated heterocycles. The molecule has 1 aliphatic heterocycles. The molecule has 2 N–H and O–H groups in total. The summed E-state index contributed by atoms with van der Waals surface area (Å²) in [6.07, 6.45) is 4.49. The van der Waals surface area contributed by atoms with Crippen LogP contribution in [0.15, 0.2) is 41.7 Å². The molecule has 0 radical (unpaired) electrons. The van der Waals surface area contributed by atoms with Gasteiger partial charge in [0.2, 0.25) is 0 Å². The van der Waals surface area contributed by atoms with Gasteiger partial charge in [-0.05, 0) is 38.8 Å². The molecule has 1 aromatic heterocycles. The molecule has 6 nitrogen and oxygen atoms in total. The first-order valence-electron chi connectivity index (χ1n) is 9.38. The van der Waals surface area contributed by atoms with Crippen LogP contribution in [-0.4, -0.2) is 37.3 Å². The second-order valence-corrected chi connectivity index (χ2v) is 6.85. The second kappa shape index (κ2) is 8.75. The normalized spacial score (nSPS) is 16.8. The van der Waals surface area contributed by atoms with Crippen molar-refractivity contribution in [2.45, 2.75) is 39.2 Å². The molecule has 0 spiro atoms. The molecule has 2 aromatic rings. The van der Waals surface area contributed by atoms with Crippen LogP contribution in [0.5, 0.6) is 5.75 Å². The van der Waals surface area contributed by atoms with Crippen molar-refractivity contribution in [2.75, 3.05) is 25.6 Å². The Morgan fingerprint density at radius 3 is 3.00 bits per heavy atom. The third kappa shape index (κ3) is 4.70. The highest BCUT2D eigenvalue weighted by Gasteiger charge is 2.21. The van der Waals surface area contributed by atoms with E-state index in [0.29, 0.717) is 13.0 Å². The minimum Gasteiger partial charge on any atom is -0.497 e. The van der Waals surface area contributed by atoms with Crippen LogP contribution in [-0.2, 0) is 9.53 Å². The van der Waals surface area contributed by atoms with Gasteiger partial charge >= 0.3 is 5.97 Å². The van der Waals surface area contributed by atoms with E-state index >= 15 is 0 Å². The molecule has 1 fully saturated rings. The summed E-state index contributed by atoms with van der Waals surface area (Å²) in [6.45, 7) is 5.42. The first kappa shape index (κ1) is 19.0.